The number of ether oxygens (including phenoxy) is 2. The van der Waals surface area contributed by atoms with Crippen molar-refractivity contribution in [1.29, 1.82) is 0 Å². The van der Waals surface area contributed by atoms with Crippen molar-refractivity contribution >= 4 is 31.3 Å². The van der Waals surface area contributed by atoms with Crippen molar-refractivity contribution in [3.63, 3.8) is 0 Å². The van der Waals surface area contributed by atoms with Gasteiger partial charge in [-0.2, -0.15) is 0 Å². The Morgan fingerprint density at radius 3 is 2.28 bits per heavy atom. The van der Waals surface area contributed by atoms with E-state index in [0.717, 1.165) is 16.7 Å². The molecule has 0 aliphatic carbocycles. The van der Waals surface area contributed by atoms with Crippen LogP contribution in [0.1, 0.15) is 59.0 Å². The maximum atomic E-state index is 12.6. The molecule has 0 atom stereocenters. The molecule has 0 aliphatic rings. The van der Waals surface area contributed by atoms with Crippen LogP contribution < -0.4 is 9.74 Å². The standard InChI is InChI=1S/C24H38N2O5Si/c1-10-29-21(27)20-16-17-15-18(31-32(8,9)24(5,6)7)11-12-19(17)26(20)14-13-25-22(28)30-23(2,3)4/h11-12,15-16H,10,13-14H2,1-9H3,(H,25,28). The molecule has 2 aromatic rings. The minimum atomic E-state index is -1.99. The Morgan fingerprint density at radius 1 is 1.06 bits per heavy atom. The third-order valence-corrected chi connectivity index (χ3v) is 9.90. The van der Waals surface area contributed by atoms with E-state index in [1.54, 1.807) is 6.92 Å². The second-order valence-electron chi connectivity index (χ2n) is 10.4. The molecule has 32 heavy (non-hydrogen) atoms. The molecule has 0 bridgehead atoms. The zero-order valence-electron chi connectivity index (χ0n) is 20.9. The minimum absolute atomic E-state index is 0.0807. The quantitative estimate of drug-likeness (QED) is 0.420. The largest absolute Gasteiger partial charge is 0.543 e. The number of aromatic nitrogens is 1. The molecule has 1 aromatic carbocycles. The van der Waals surface area contributed by atoms with E-state index in [1.165, 1.54) is 0 Å². The summed E-state index contributed by atoms with van der Waals surface area (Å²) in [4.78, 5) is 24.6. The van der Waals surface area contributed by atoms with E-state index in [1.807, 2.05) is 49.6 Å². The predicted molar refractivity (Wildman–Crippen MR) is 130 cm³/mol. The summed E-state index contributed by atoms with van der Waals surface area (Å²) in [5.41, 5.74) is 0.750. The zero-order valence-corrected chi connectivity index (χ0v) is 21.9. The van der Waals surface area contributed by atoms with Gasteiger partial charge in [0.15, 0.2) is 0 Å². The first-order valence-corrected chi connectivity index (χ1v) is 14.0. The molecule has 1 aromatic heterocycles. The number of hydrogen-bond donors (Lipinski definition) is 1. The first kappa shape index (κ1) is 25.8. The van der Waals surface area contributed by atoms with Gasteiger partial charge in [-0.3, -0.25) is 0 Å². The molecule has 1 amide bonds. The SMILES string of the molecule is CCOC(=O)c1cc2cc(O[Si](C)(C)C(C)(C)C)ccc2n1CCNC(=O)OC(C)(C)C. The van der Waals surface area contributed by atoms with Crippen LogP contribution in [0.4, 0.5) is 4.79 Å². The number of amides is 1. The van der Waals surface area contributed by atoms with E-state index >= 15 is 0 Å². The van der Waals surface area contributed by atoms with Gasteiger partial charge in [-0.25, -0.2) is 9.59 Å². The number of rotatable bonds is 7. The van der Waals surface area contributed by atoms with Crippen molar-refractivity contribution in [2.75, 3.05) is 13.2 Å². The lowest BCUT2D eigenvalue weighted by Gasteiger charge is -2.36. The van der Waals surface area contributed by atoms with E-state index in [4.69, 9.17) is 13.9 Å². The predicted octanol–water partition coefficient (Wildman–Crippen LogP) is 5.73. The van der Waals surface area contributed by atoms with E-state index in [-0.39, 0.29) is 11.6 Å². The Bertz CT molecular complexity index is 967. The Labute approximate surface area is 192 Å². The summed E-state index contributed by atoms with van der Waals surface area (Å²) in [6.07, 6.45) is -0.489. The molecule has 0 saturated heterocycles. The van der Waals surface area contributed by atoms with Gasteiger partial charge < -0.3 is 23.8 Å². The molecule has 0 fully saturated rings. The highest BCUT2D eigenvalue weighted by molar-refractivity contribution is 6.74. The lowest BCUT2D eigenvalue weighted by molar-refractivity contribution is 0.0514. The molecule has 0 radical (unpaired) electrons. The molecule has 1 heterocycles. The third kappa shape index (κ3) is 6.51. The molecule has 7 nitrogen and oxygen atoms in total. The minimum Gasteiger partial charge on any atom is -0.543 e. The van der Waals surface area contributed by atoms with Crippen molar-refractivity contribution in [3.05, 3.63) is 30.0 Å². The number of esters is 1. The summed E-state index contributed by atoms with van der Waals surface area (Å²) in [7, 11) is -1.99. The van der Waals surface area contributed by atoms with Crippen molar-refractivity contribution < 1.29 is 23.5 Å². The molecule has 0 unspecified atom stereocenters. The summed E-state index contributed by atoms with van der Waals surface area (Å²) in [5, 5.41) is 3.72. The highest BCUT2D eigenvalue weighted by Gasteiger charge is 2.39. The second kappa shape index (κ2) is 9.56. The van der Waals surface area contributed by atoms with Gasteiger partial charge >= 0.3 is 12.1 Å². The number of carbonyl (C=O) groups excluding carboxylic acids is 2. The smallest absolute Gasteiger partial charge is 0.407 e. The third-order valence-electron chi connectivity index (χ3n) is 5.54. The van der Waals surface area contributed by atoms with Crippen LogP contribution in [0, 0.1) is 0 Å². The molecule has 0 spiro atoms. The fourth-order valence-corrected chi connectivity index (χ4v) is 3.98. The van der Waals surface area contributed by atoms with Crippen LogP contribution in [0.5, 0.6) is 5.75 Å². The van der Waals surface area contributed by atoms with E-state index in [0.29, 0.717) is 18.8 Å². The van der Waals surface area contributed by atoms with Crippen molar-refractivity contribution in [3.8, 4) is 5.75 Å². The number of fused-ring (bicyclic) bond motifs is 1. The van der Waals surface area contributed by atoms with Gasteiger partial charge in [0.05, 0.1) is 6.61 Å². The number of alkyl carbamates (subject to hydrolysis) is 1. The number of carbonyl (C=O) groups is 2. The molecule has 0 saturated carbocycles. The highest BCUT2D eigenvalue weighted by atomic mass is 28.4. The molecule has 0 aliphatic heterocycles. The van der Waals surface area contributed by atoms with Gasteiger partial charge in [0.25, 0.3) is 0 Å². The molecule has 1 N–H and O–H groups in total. The van der Waals surface area contributed by atoms with E-state index in [2.05, 4.69) is 39.2 Å². The number of hydrogen-bond acceptors (Lipinski definition) is 5. The van der Waals surface area contributed by atoms with E-state index in [9.17, 15) is 9.59 Å². The molecule has 178 valence electrons. The maximum absolute atomic E-state index is 12.6. The average Bonchev–Trinajstić information content (AvgIpc) is 2.97. The lowest BCUT2D eigenvalue weighted by Crippen LogP contribution is -2.43. The molecule has 8 heteroatoms. The number of nitrogens with one attached hydrogen (secondary N) is 1. The second-order valence-corrected chi connectivity index (χ2v) is 15.1. The summed E-state index contributed by atoms with van der Waals surface area (Å²) < 4.78 is 18.8. The van der Waals surface area contributed by atoms with Crippen molar-refractivity contribution in [2.45, 2.75) is 78.7 Å². The Balaban J connectivity index is 2.31. The first-order valence-electron chi connectivity index (χ1n) is 11.1. The number of benzene rings is 1. The topological polar surface area (TPSA) is 78.8 Å². The Hall–Kier alpha value is -2.48. The average molecular weight is 463 g/mol. The van der Waals surface area contributed by atoms with Gasteiger partial charge in [-0.05, 0) is 70.1 Å². The summed E-state index contributed by atoms with van der Waals surface area (Å²) in [6.45, 7) is 19.2. The van der Waals surface area contributed by atoms with Crippen LogP contribution >= 0.6 is 0 Å². The van der Waals surface area contributed by atoms with Crippen molar-refractivity contribution in [1.82, 2.24) is 9.88 Å². The Kier molecular flexibility index (Phi) is 7.70. The van der Waals surface area contributed by atoms with Crippen LogP contribution in [0.2, 0.25) is 18.1 Å². The van der Waals surface area contributed by atoms with Gasteiger partial charge in [-0.1, -0.05) is 20.8 Å². The molecule has 2 rings (SSSR count). The van der Waals surface area contributed by atoms with Crippen molar-refractivity contribution in [2.24, 2.45) is 0 Å². The van der Waals surface area contributed by atoms with Crippen LogP contribution in [0.3, 0.4) is 0 Å². The van der Waals surface area contributed by atoms with Gasteiger partial charge in [-0.15, -0.1) is 0 Å². The number of nitrogens with zero attached hydrogens (tertiary/aromatic N) is 1. The summed E-state index contributed by atoms with van der Waals surface area (Å²) in [6, 6.07) is 7.68. The van der Waals surface area contributed by atoms with Crippen LogP contribution in [0.15, 0.2) is 24.3 Å². The van der Waals surface area contributed by atoms with Crippen LogP contribution in [-0.2, 0) is 16.0 Å². The van der Waals surface area contributed by atoms with Gasteiger partial charge in [0.2, 0.25) is 8.32 Å². The van der Waals surface area contributed by atoms with Gasteiger partial charge in [0.1, 0.15) is 17.0 Å². The summed E-state index contributed by atoms with van der Waals surface area (Å²) >= 11 is 0. The van der Waals surface area contributed by atoms with Crippen LogP contribution in [0.25, 0.3) is 10.9 Å². The fraction of sp³-hybridized carbons (Fsp3) is 0.583. The summed E-state index contributed by atoms with van der Waals surface area (Å²) in [5.74, 6) is 0.399. The Morgan fingerprint density at radius 2 is 1.72 bits per heavy atom. The highest BCUT2D eigenvalue weighted by Crippen LogP contribution is 2.38. The zero-order chi connectivity index (χ0) is 24.3. The van der Waals surface area contributed by atoms with Gasteiger partial charge in [0, 0.05) is 24.0 Å². The first-order chi connectivity index (χ1) is 14.6. The fourth-order valence-electron chi connectivity index (χ4n) is 2.96. The molecular weight excluding hydrogens is 424 g/mol. The molecular formula is C24H38N2O5Si. The monoisotopic (exact) mass is 462 g/mol. The maximum Gasteiger partial charge on any atom is 0.407 e. The lowest BCUT2D eigenvalue weighted by atomic mass is 10.2. The van der Waals surface area contributed by atoms with Crippen LogP contribution in [-0.4, -0.2) is 43.7 Å². The van der Waals surface area contributed by atoms with E-state index < -0.39 is 26.0 Å². The normalized spacial score (nSPS) is 12.5.